The molecule has 1 spiro atoms. The monoisotopic (exact) mass is 363 g/mol. The molecule has 1 atom stereocenters. The van der Waals surface area contributed by atoms with E-state index in [1.54, 1.807) is 6.33 Å². The third-order valence-electron chi connectivity index (χ3n) is 6.54. The molecule has 6 heteroatoms. The average molecular weight is 363 g/mol. The zero-order valence-electron chi connectivity index (χ0n) is 15.6. The van der Waals surface area contributed by atoms with Crippen molar-refractivity contribution >= 4 is 17.4 Å². The predicted octanol–water partition coefficient (Wildman–Crippen LogP) is 2.83. The summed E-state index contributed by atoms with van der Waals surface area (Å²) in [6.45, 7) is 5.20. The Morgan fingerprint density at radius 3 is 2.96 bits per heavy atom. The number of amides is 1. The highest BCUT2D eigenvalue weighted by Crippen LogP contribution is 2.43. The number of rotatable bonds is 2. The van der Waals surface area contributed by atoms with Crippen LogP contribution in [0, 0.1) is 0 Å². The van der Waals surface area contributed by atoms with Crippen LogP contribution in [-0.4, -0.2) is 35.5 Å². The number of nitrogens with one attached hydrogen (secondary N) is 3. The topological polar surface area (TPSA) is 78.9 Å². The number of carbonyl (C=O) groups is 1. The van der Waals surface area contributed by atoms with Gasteiger partial charge < -0.3 is 16.0 Å². The summed E-state index contributed by atoms with van der Waals surface area (Å²) in [7, 11) is 0. The van der Waals surface area contributed by atoms with Gasteiger partial charge in [0.2, 0.25) is 0 Å². The Hall–Kier alpha value is -2.47. The molecule has 0 unspecified atom stereocenters. The van der Waals surface area contributed by atoms with Crippen LogP contribution in [0.15, 0.2) is 24.5 Å². The molecular formula is C21H25N5O. The van der Waals surface area contributed by atoms with Gasteiger partial charge >= 0.3 is 0 Å². The summed E-state index contributed by atoms with van der Waals surface area (Å²) in [5, 5.41) is 10.0. The van der Waals surface area contributed by atoms with Crippen molar-refractivity contribution in [1.29, 1.82) is 0 Å². The van der Waals surface area contributed by atoms with Crippen molar-refractivity contribution in [3.05, 3.63) is 46.9 Å². The van der Waals surface area contributed by atoms with Crippen LogP contribution in [-0.2, 0) is 11.8 Å². The standard InChI is InChI=1S/C21H25N5O/c1-13-2-4-17-18(13)19(25-12-24-17)26-20(27)14-3-5-16-15(10-14)21(11-23-16)6-8-22-9-7-21/h3,5,10,12-13,22-23H,2,4,6-9,11H2,1H3,(H,24,25,26,27)/t13-/m1/s1. The quantitative estimate of drug-likeness (QED) is 0.765. The van der Waals surface area contributed by atoms with Crippen LogP contribution < -0.4 is 16.0 Å². The van der Waals surface area contributed by atoms with Gasteiger partial charge in [-0.2, -0.15) is 0 Å². The lowest BCUT2D eigenvalue weighted by Gasteiger charge is -2.34. The smallest absolute Gasteiger partial charge is 0.256 e. The van der Waals surface area contributed by atoms with E-state index in [-0.39, 0.29) is 11.3 Å². The molecule has 6 nitrogen and oxygen atoms in total. The predicted molar refractivity (Wildman–Crippen MR) is 105 cm³/mol. The van der Waals surface area contributed by atoms with Gasteiger partial charge in [0, 0.05) is 34.5 Å². The largest absolute Gasteiger partial charge is 0.384 e. The van der Waals surface area contributed by atoms with Gasteiger partial charge in [-0.1, -0.05) is 6.92 Å². The van der Waals surface area contributed by atoms with Gasteiger partial charge in [-0.3, -0.25) is 4.79 Å². The molecule has 5 rings (SSSR count). The fourth-order valence-electron chi connectivity index (χ4n) is 4.92. The van der Waals surface area contributed by atoms with Crippen molar-refractivity contribution in [1.82, 2.24) is 15.3 Å². The second kappa shape index (κ2) is 6.30. The number of nitrogens with zero attached hydrogens (tertiary/aromatic N) is 2. The van der Waals surface area contributed by atoms with Crippen molar-refractivity contribution in [2.24, 2.45) is 0 Å². The van der Waals surface area contributed by atoms with E-state index in [0.29, 0.717) is 17.3 Å². The molecule has 1 aromatic heterocycles. The SMILES string of the molecule is C[C@@H]1CCc2ncnc(NC(=O)c3ccc4c(c3)C3(CCNCC3)CN4)c21. The third kappa shape index (κ3) is 2.70. The van der Waals surface area contributed by atoms with Crippen LogP contribution in [0.1, 0.15) is 59.3 Å². The van der Waals surface area contributed by atoms with Gasteiger partial charge in [0.05, 0.1) is 0 Å². The van der Waals surface area contributed by atoms with E-state index >= 15 is 0 Å². The van der Waals surface area contributed by atoms with Crippen LogP contribution in [0.2, 0.25) is 0 Å². The number of piperidine rings is 1. The first-order chi connectivity index (χ1) is 13.2. The van der Waals surface area contributed by atoms with Gasteiger partial charge in [0.1, 0.15) is 12.1 Å². The molecule has 3 heterocycles. The molecule has 2 aliphatic heterocycles. The molecule has 3 N–H and O–H groups in total. The molecule has 1 aliphatic carbocycles. The maximum Gasteiger partial charge on any atom is 0.256 e. The van der Waals surface area contributed by atoms with Crippen LogP contribution >= 0.6 is 0 Å². The van der Waals surface area contributed by atoms with E-state index in [4.69, 9.17) is 0 Å². The van der Waals surface area contributed by atoms with E-state index in [1.807, 2.05) is 12.1 Å². The Morgan fingerprint density at radius 2 is 2.11 bits per heavy atom. The highest BCUT2D eigenvalue weighted by atomic mass is 16.1. The minimum atomic E-state index is -0.0891. The van der Waals surface area contributed by atoms with Gasteiger partial charge in [-0.15, -0.1) is 0 Å². The normalized spacial score (nSPS) is 22.2. The van der Waals surface area contributed by atoms with Crippen LogP contribution in [0.25, 0.3) is 0 Å². The second-order valence-corrected chi connectivity index (χ2v) is 8.12. The Labute approximate surface area is 159 Å². The number of carbonyl (C=O) groups excluding carboxylic acids is 1. The number of hydrogen-bond acceptors (Lipinski definition) is 5. The first-order valence-corrected chi connectivity index (χ1v) is 9.90. The van der Waals surface area contributed by atoms with E-state index < -0.39 is 0 Å². The highest BCUT2D eigenvalue weighted by molar-refractivity contribution is 6.04. The Kier molecular flexibility index (Phi) is 3.90. The van der Waals surface area contributed by atoms with E-state index in [9.17, 15) is 4.79 Å². The Bertz CT molecular complexity index is 898. The molecule has 1 fully saturated rings. The van der Waals surface area contributed by atoms with Crippen molar-refractivity contribution < 1.29 is 4.79 Å². The van der Waals surface area contributed by atoms with Crippen LogP contribution in [0.4, 0.5) is 11.5 Å². The average Bonchev–Trinajstić information content (AvgIpc) is 3.24. The van der Waals surface area contributed by atoms with Crippen molar-refractivity contribution in [2.45, 2.75) is 43.9 Å². The molecule has 1 saturated heterocycles. The summed E-state index contributed by atoms with van der Waals surface area (Å²) < 4.78 is 0. The highest BCUT2D eigenvalue weighted by Gasteiger charge is 2.40. The summed E-state index contributed by atoms with van der Waals surface area (Å²) in [5.41, 5.74) is 5.49. The molecule has 2 aromatic rings. The molecule has 27 heavy (non-hydrogen) atoms. The summed E-state index contributed by atoms with van der Waals surface area (Å²) in [6.07, 6.45) is 5.80. The van der Waals surface area contributed by atoms with Crippen molar-refractivity contribution in [2.75, 3.05) is 30.3 Å². The van der Waals surface area contributed by atoms with Crippen LogP contribution in [0.5, 0.6) is 0 Å². The zero-order chi connectivity index (χ0) is 18.4. The fraction of sp³-hybridized carbons (Fsp3) is 0.476. The van der Waals surface area contributed by atoms with E-state index in [0.717, 1.165) is 56.6 Å². The molecule has 0 bridgehead atoms. The Morgan fingerprint density at radius 1 is 1.26 bits per heavy atom. The minimum absolute atomic E-state index is 0.0891. The number of anilines is 2. The van der Waals surface area contributed by atoms with Gasteiger partial charge in [0.25, 0.3) is 5.91 Å². The van der Waals surface area contributed by atoms with E-state index in [1.165, 1.54) is 11.3 Å². The van der Waals surface area contributed by atoms with E-state index in [2.05, 4.69) is 38.9 Å². The van der Waals surface area contributed by atoms with Crippen LogP contribution in [0.3, 0.4) is 0 Å². The summed E-state index contributed by atoms with van der Waals surface area (Å²) in [6, 6.07) is 6.04. The second-order valence-electron chi connectivity index (χ2n) is 8.12. The number of aromatic nitrogens is 2. The van der Waals surface area contributed by atoms with Gasteiger partial charge in [0.15, 0.2) is 0 Å². The maximum atomic E-state index is 13.0. The lowest BCUT2D eigenvalue weighted by Crippen LogP contribution is -2.41. The molecule has 140 valence electrons. The minimum Gasteiger partial charge on any atom is -0.384 e. The number of fused-ring (bicyclic) bond motifs is 3. The molecule has 3 aliphatic rings. The summed E-state index contributed by atoms with van der Waals surface area (Å²) >= 11 is 0. The van der Waals surface area contributed by atoms with Gasteiger partial charge in [-0.05, 0) is 68.5 Å². The third-order valence-corrected chi connectivity index (χ3v) is 6.54. The maximum absolute atomic E-state index is 13.0. The fourth-order valence-corrected chi connectivity index (χ4v) is 4.92. The number of hydrogen-bond donors (Lipinski definition) is 3. The summed E-state index contributed by atoms with van der Waals surface area (Å²) in [4.78, 5) is 21.7. The van der Waals surface area contributed by atoms with Gasteiger partial charge in [-0.25, -0.2) is 9.97 Å². The molecule has 1 amide bonds. The lowest BCUT2D eigenvalue weighted by atomic mass is 9.74. The first kappa shape index (κ1) is 16.7. The van der Waals surface area contributed by atoms with Crippen molar-refractivity contribution in [3.8, 4) is 0 Å². The number of benzene rings is 1. The summed E-state index contributed by atoms with van der Waals surface area (Å²) in [5.74, 6) is 0.970. The molecule has 0 saturated carbocycles. The number of aryl methyl sites for hydroxylation is 1. The zero-order valence-corrected chi connectivity index (χ0v) is 15.6. The molecule has 1 aromatic carbocycles. The molecular weight excluding hydrogens is 338 g/mol. The van der Waals surface area contributed by atoms with Crippen molar-refractivity contribution in [3.63, 3.8) is 0 Å². The lowest BCUT2D eigenvalue weighted by molar-refractivity contribution is 0.102. The molecule has 0 radical (unpaired) electrons. The Balaban J connectivity index is 1.44. The first-order valence-electron chi connectivity index (χ1n) is 9.90.